The van der Waals surface area contributed by atoms with E-state index in [4.69, 9.17) is 0 Å². The standard InChI is InChI=1S/C33H41NO7/c1-16(2)9-23-26-31(8,27(36)20(6)11-17(3)10-18(4)12-21(7)30(39)40)33(41)15-32(26,34-29(23)38)28(37)22-13-19(5)25(35)14-24(22)33/h10-14,16-17,23,26,35,41H,9,15H2,1-8H3,(H,34,38)(H,39,40). The number of fused-ring (bicyclic) bond motifs is 3. The summed E-state index contributed by atoms with van der Waals surface area (Å²) < 4.78 is 0. The molecule has 1 saturated carbocycles. The minimum atomic E-state index is -1.82. The Kier molecular flexibility index (Phi) is 7.49. The summed E-state index contributed by atoms with van der Waals surface area (Å²) in [6, 6.07) is 2.94. The topological polar surface area (TPSA) is 141 Å². The molecule has 0 radical (unpaired) electrons. The molecule has 1 spiro atoms. The lowest BCUT2D eigenvalue weighted by atomic mass is 9.60. The van der Waals surface area contributed by atoms with E-state index in [0.717, 1.165) is 5.57 Å². The quantitative estimate of drug-likeness (QED) is 0.264. The number of allylic oxidation sites excluding steroid dienone is 5. The summed E-state index contributed by atoms with van der Waals surface area (Å²) in [6.07, 6.45) is 5.46. The van der Waals surface area contributed by atoms with Crippen LogP contribution in [0.25, 0.3) is 0 Å². The Hall–Kier alpha value is -3.52. The number of phenolic OH excluding ortho intramolecular Hbond substituents is 1. The highest BCUT2D eigenvalue weighted by molar-refractivity contribution is 6.14. The molecule has 8 heteroatoms. The molecule has 6 atom stereocenters. The van der Waals surface area contributed by atoms with E-state index in [9.17, 15) is 34.5 Å². The van der Waals surface area contributed by atoms with Crippen LogP contribution in [0.15, 0.2) is 47.1 Å². The molecule has 1 aromatic carbocycles. The largest absolute Gasteiger partial charge is 0.508 e. The number of carboxylic acid groups (broad SMARTS) is 1. The number of aryl methyl sites for hydroxylation is 1. The molecule has 1 saturated heterocycles. The van der Waals surface area contributed by atoms with Crippen molar-refractivity contribution < 1.29 is 34.5 Å². The van der Waals surface area contributed by atoms with Gasteiger partial charge in [0.15, 0.2) is 11.6 Å². The minimum Gasteiger partial charge on any atom is -0.508 e. The lowest BCUT2D eigenvalue weighted by Gasteiger charge is -2.43. The summed E-state index contributed by atoms with van der Waals surface area (Å²) in [7, 11) is 0. The molecule has 1 heterocycles. The lowest BCUT2D eigenvalue weighted by molar-refractivity contribution is -0.148. The summed E-state index contributed by atoms with van der Waals surface area (Å²) in [6.45, 7) is 14.1. The number of Topliss-reactive ketones (excluding diaryl/α,β-unsaturated/α-hetero) is 2. The van der Waals surface area contributed by atoms with Crippen LogP contribution in [0, 0.1) is 36.0 Å². The number of ketones is 2. The van der Waals surface area contributed by atoms with Crippen molar-refractivity contribution in [3.8, 4) is 5.75 Å². The Morgan fingerprint density at radius 3 is 2.32 bits per heavy atom. The molecule has 0 aromatic heterocycles. The van der Waals surface area contributed by atoms with Gasteiger partial charge in [-0.25, -0.2) is 4.79 Å². The molecule has 41 heavy (non-hydrogen) atoms. The highest BCUT2D eigenvalue weighted by Gasteiger charge is 2.80. The Morgan fingerprint density at radius 1 is 1.10 bits per heavy atom. The van der Waals surface area contributed by atoms with Gasteiger partial charge in [0, 0.05) is 29.4 Å². The third-order valence-electron chi connectivity index (χ3n) is 9.44. The van der Waals surface area contributed by atoms with Gasteiger partial charge in [-0.1, -0.05) is 38.5 Å². The molecule has 2 fully saturated rings. The maximum atomic E-state index is 14.6. The molecule has 2 aliphatic carbocycles. The van der Waals surface area contributed by atoms with Crippen LogP contribution in [0.3, 0.4) is 0 Å². The zero-order valence-electron chi connectivity index (χ0n) is 25.1. The molecule has 3 aliphatic rings. The maximum Gasteiger partial charge on any atom is 0.331 e. The van der Waals surface area contributed by atoms with E-state index in [1.165, 1.54) is 13.0 Å². The molecule has 1 aromatic rings. The first-order valence-electron chi connectivity index (χ1n) is 14.2. The van der Waals surface area contributed by atoms with Crippen LogP contribution in [-0.4, -0.2) is 44.3 Å². The fourth-order valence-corrected chi connectivity index (χ4v) is 7.77. The third kappa shape index (κ3) is 4.47. The monoisotopic (exact) mass is 563 g/mol. The van der Waals surface area contributed by atoms with Gasteiger partial charge in [0.1, 0.15) is 16.9 Å². The van der Waals surface area contributed by atoms with Crippen molar-refractivity contribution in [2.24, 2.45) is 29.1 Å². The second kappa shape index (κ2) is 10.1. The van der Waals surface area contributed by atoms with E-state index >= 15 is 0 Å². The Bertz CT molecular complexity index is 1450. The van der Waals surface area contributed by atoms with Crippen LogP contribution in [0.2, 0.25) is 0 Å². The van der Waals surface area contributed by atoms with Gasteiger partial charge in [-0.15, -0.1) is 0 Å². The number of carbonyl (C=O) groups is 4. The van der Waals surface area contributed by atoms with Crippen molar-refractivity contribution in [3.05, 3.63) is 63.8 Å². The van der Waals surface area contributed by atoms with Gasteiger partial charge in [-0.05, 0) is 87.8 Å². The van der Waals surface area contributed by atoms with Crippen molar-refractivity contribution >= 4 is 23.4 Å². The number of hydrogen-bond donors (Lipinski definition) is 4. The molecule has 220 valence electrons. The smallest absolute Gasteiger partial charge is 0.331 e. The van der Waals surface area contributed by atoms with E-state index in [-0.39, 0.29) is 58.2 Å². The summed E-state index contributed by atoms with van der Waals surface area (Å²) in [5.74, 6) is -3.70. The normalized spacial score (nSPS) is 32.1. The zero-order chi connectivity index (χ0) is 30.8. The van der Waals surface area contributed by atoms with Gasteiger partial charge in [0.25, 0.3) is 0 Å². The van der Waals surface area contributed by atoms with Crippen molar-refractivity contribution in [3.63, 3.8) is 0 Å². The van der Waals surface area contributed by atoms with Gasteiger partial charge >= 0.3 is 5.97 Å². The number of rotatable bonds is 8. The summed E-state index contributed by atoms with van der Waals surface area (Å²) >= 11 is 0. The van der Waals surface area contributed by atoms with E-state index in [1.807, 2.05) is 26.8 Å². The number of hydrogen-bond acceptors (Lipinski definition) is 6. The first-order chi connectivity index (χ1) is 18.9. The van der Waals surface area contributed by atoms with E-state index < -0.39 is 34.4 Å². The average Bonchev–Trinajstić information content (AvgIpc) is 3.23. The lowest BCUT2D eigenvalue weighted by Crippen LogP contribution is -2.54. The first kappa shape index (κ1) is 30.4. The second-order valence-electron chi connectivity index (χ2n) is 13.0. The van der Waals surface area contributed by atoms with Gasteiger partial charge in [-0.2, -0.15) is 0 Å². The van der Waals surface area contributed by atoms with Crippen LogP contribution >= 0.6 is 0 Å². The van der Waals surface area contributed by atoms with Crippen LogP contribution < -0.4 is 5.32 Å². The Balaban J connectivity index is 1.89. The van der Waals surface area contributed by atoms with Gasteiger partial charge in [-0.3, -0.25) is 14.4 Å². The minimum absolute atomic E-state index is 0.0817. The molecular formula is C33H41NO7. The Morgan fingerprint density at radius 2 is 1.73 bits per heavy atom. The highest BCUT2D eigenvalue weighted by atomic mass is 16.4. The number of amides is 1. The van der Waals surface area contributed by atoms with Gasteiger partial charge in [0.05, 0.1) is 5.41 Å². The van der Waals surface area contributed by atoms with Crippen LogP contribution in [0.4, 0.5) is 0 Å². The predicted molar refractivity (Wildman–Crippen MR) is 154 cm³/mol. The van der Waals surface area contributed by atoms with E-state index in [2.05, 4.69) is 5.32 Å². The predicted octanol–water partition coefficient (Wildman–Crippen LogP) is 4.77. The number of carboxylic acids is 1. The molecule has 4 N–H and O–H groups in total. The fourth-order valence-electron chi connectivity index (χ4n) is 7.77. The fraction of sp³-hybridized carbons (Fsp3) is 0.515. The average molecular weight is 564 g/mol. The number of phenols is 1. The van der Waals surface area contributed by atoms with Crippen molar-refractivity contribution in [2.75, 3.05) is 0 Å². The summed E-state index contributed by atoms with van der Waals surface area (Å²) in [4.78, 5) is 53.4. The van der Waals surface area contributed by atoms with E-state index in [0.29, 0.717) is 17.6 Å². The zero-order valence-corrected chi connectivity index (χ0v) is 25.1. The number of aromatic hydroxyl groups is 1. The summed E-state index contributed by atoms with van der Waals surface area (Å²) in [5, 5.41) is 35.3. The number of aliphatic carboxylic acids is 1. The highest BCUT2D eigenvalue weighted by Crippen LogP contribution is 2.69. The molecule has 2 bridgehead atoms. The number of carbonyl (C=O) groups excluding carboxylic acids is 3. The molecular weight excluding hydrogens is 522 g/mol. The molecule has 8 nitrogen and oxygen atoms in total. The molecule has 1 aliphatic heterocycles. The Labute approximate surface area is 241 Å². The number of nitrogens with one attached hydrogen (secondary N) is 1. The maximum absolute atomic E-state index is 14.6. The van der Waals surface area contributed by atoms with Crippen LogP contribution in [0.5, 0.6) is 5.75 Å². The first-order valence-corrected chi connectivity index (χ1v) is 14.2. The van der Waals surface area contributed by atoms with Crippen molar-refractivity contribution in [2.45, 2.75) is 79.4 Å². The third-order valence-corrected chi connectivity index (χ3v) is 9.44. The van der Waals surface area contributed by atoms with E-state index in [1.54, 1.807) is 45.9 Å². The molecule has 1 amide bonds. The van der Waals surface area contributed by atoms with Gasteiger partial charge in [0.2, 0.25) is 5.91 Å². The molecule has 4 rings (SSSR count). The SMILES string of the molecule is CC(=CC(C)C=C(C)C(=O)C1(C)C2C(CC(C)C)C(=O)NC23CC1(O)c1cc(O)c(C)cc1C3=O)C=C(C)C(=O)O. The van der Waals surface area contributed by atoms with Gasteiger partial charge < -0.3 is 20.6 Å². The van der Waals surface area contributed by atoms with Crippen molar-refractivity contribution in [1.29, 1.82) is 0 Å². The summed E-state index contributed by atoms with van der Waals surface area (Å²) in [5.41, 5.74) is -2.64. The van der Waals surface area contributed by atoms with Crippen molar-refractivity contribution in [1.82, 2.24) is 5.32 Å². The molecule has 6 unspecified atom stereocenters. The number of benzene rings is 1. The van der Waals surface area contributed by atoms with Crippen LogP contribution in [-0.2, 0) is 20.0 Å². The number of aliphatic hydroxyl groups is 1. The van der Waals surface area contributed by atoms with Crippen LogP contribution in [0.1, 0.15) is 82.8 Å². The second-order valence-corrected chi connectivity index (χ2v) is 13.0.